The normalized spacial score (nSPS) is 10.3. The van der Waals surface area contributed by atoms with E-state index >= 15 is 0 Å². The molecule has 2 rings (SSSR count). The molecule has 0 aliphatic heterocycles. The van der Waals surface area contributed by atoms with Gasteiger partial charge in [-0.2, -0.15) is 0 Å². The second-order valence-corrected chi connectivity index (χ2v) is 4.60. The van der Waals surface area contributed by atoms with Gasteiger partial charge in [-0.3, -0.25) is 4.79 Å². The van der Waals surface area contributed by atoms with E-state index in [0.717, 1.165) is 5.56 Å². The number of hydrogen-bond acceptors (Lipinski definition) is 5. The van der Waals surface area contributed by atoms with Gasteiger partial charge in [0.2, 0.25) is 5.76 Å². The van der Waals surface area contributed by atoms with Crippen LogP contribution in [-0.4, -0.2) is 37.3 Å². The van der Waals surface area contributed by atoms with Crippen LogP contribution in [0.1, 0.15) is 26.7 Å². The zero-order valence-electron chi connectivity index (χ0n) is 12.6. The molecule has 0 bridgehead atoms. The lowest BCUT2D eigenvalue weighted by Gasteiger charge is -2.11. The highest BCUT2D eigenvalue weighted by atomic mass is 16.5. The fourth-order valence-electron chi connectivity index (χ4n) is 1.86. The molecule has 1 aromatic carbocycles. The highest BCUT2D eigenvalue weighted by Crippen LogP contribution is 2.18. The van der Waals surface area contributed by atoms with E-state index in [4.69, 9.17) is 19.0 Å². The number of para-hydroxylation sites is 1. The predicted molar refractivity (Wildman–Crippen MR) is 80.7 cm³/mol. The van der Waals surface area contributed by atoms with Crippen molar-refractivity contribution < 1.29 is 28.6 Å². The standard InChI is InChI=1S/C16H17NO6/c1-21-8-9-22-12-5-3-2-4-11(12)10-17-15(18)13-6-7-14(23-13)16(19)20/h2-7H,8-10H2,1H3,(H,17,18)(H,19,20). The second kappa shape index (κ2) is 8.00. The fraction of sp³-hybridized carbons (Fsp3) is 0.250. The minimum absolute atomic E-state index is 0.0554. The zero-order chi connectivity index (χ0) is 16.7. The van der Waals surface area contributed by atoms with Gasteiger partial charge >= 0.3 is 5.97 Å². The van der Waals surface area contributed by atoms with E-state index < -0.39 is 11.9 Å². The van der Waals surface area contributed by atoms with E-state index in [-0.39, 0.29) is 18.1 Å². The lowest BCUT2D eigenvalue weighted by molar-refractivity contribution is 0.0659. The molecule has 0 fully saturated rings. The number of carboxylic acid groups (broad SMARTS) is 1. The Morgan fingerprint density at radius 3 is 2.57 bits per heavy atom. The fourth-order valence-corrected chi connectivity index (χ4v) is 1.86. The van der Waals surface area contributed by atoms with Crippen molar-refractivity contribution in [3.05, 3.63) is 53.5 Å². The summed E-state index contributed by atoms with van der Waals surface area (Å²) in [7, 11) is 1.59. The maximum atomic E-state index is 12.0. The molecule has 0 saturated carbocycles. The van der Waals surface area contributed by atoms with Crippen LogP contribution in [0.15, 0.2) is 40.8 Å². The van der Waals surface area contributed by atoms with Crippen LogP contribution in [0.2, 0.25) is 0 Å². The van der Waals surface area contributed by atoms with E-state index in [0.29, 0.717) is 19.0 Å². The largest absolute Gasteiger partial charge is 0.491 e. The Bertz CT molecular complexity index is 679. The third-order valence-electron chi connectivity index (χ3n) is 3.00. The molecule has 1 amide bonds. The first-order valence-corrected chi connectivity index (χ1v) is 6.92. The number of ether oxygens (including phenoxy) is 2. The van der Waals surface area contributed by atoms with Crippen LogP contribution in [0.4, 0.5) is 0 Å². The molecular formula is C16H17NO6. The Morgan fingerprint density at radius 2 is 1.87 bits per heavy atom. The topological polar surface area (TPSA) is 98.0 Å². The third-order valence-corrected chi connectivity index (χ3v) is 3.00. The first-order valence-electron chi connectivity index (χ1n) is 6.92. The number of hydrogen-bond donors (Lipinski definition) is 2. The summed E-state index contributed by atoms with van der Waals surface area (Å²) in [4.78, 5) is 22.7. The van der Waals surface area contributed by atoms with Gasteiger partial charge in [0.15, 0.2) is 5.76 Å². The van der Waals surface area contributed by atoms with Gasteiger partial charge in [0.25, 0.3) is 5.91 Å². The number of carbonyl (C=O) groups is 2. The maximum Gasteiger partial charge on any atom is 0.371 e. The van der Waals surface area contributed by atoms with E-state index in [2.05, 4.69) is 5.32 Å². The summed E-state index contributed by atoms with van der Waals surface area (Å²) in [5.74, 6) is -1.40. The molecule has 0 aliphatic rings. The zero-order valence-corrected chi connectivity index (χ0v) is 12.6. The lowest BCUT2D eigenvalue weighted by Crippen LogP contribution is -2.22. The number of carboxylic acids is 1. The SMILES string of the molecule is COCCOc1ccccc1CNC(=O)c1ccc(C(=O)O)o1. The van der Waals surface area contributed by atoms with Gasteiger partial charge in [0.05, 0.1) is 6.61 Å². The van der Waals surface area contributed by atoms with Crippen molar-refractivity contribution in [2.45, 2.75) is 6.54 Å². The smallest absolute Gasteiger partial charge is 0.371 e. The van der Waals surface area contributed by atoms with E-state index in [1.807, 2.05) is 18.2 Å². The number of methoxy groups -OCH3 is 1. The molecule has 0 unspecified atom stereocenters. The summed E-state index contributed by atoms with van der Waals surface area (Å²) in [5.41, 5.74) is 0.793. The van der Waals surface area contributed by atoms with Gasteiger partial charge in [-0.05, 0) is 18.2 Å². The van der Waals surface area contributed by atoms with Crippen LogP contribution in [-0.2, 0) is 11.3 Å². The van der Waals surface area contributed by atoms with Crippen LogP contribution in [0, 0.1) is 0 Å². The summed E-state index contributed by atoms with van der Waals surface area (Å²) in [5, 5.41) is 11.4. The summed E-state index contributed by atoms with van der Waals surface area (Å²) in [6, 6.07) is 9.85. The predicted octanol–water partition coefficient (Wildman–Crippen LogP) is 1.93. The lowest BCUT2D eigenvalue weighted by atomic mass is 10.2. The number of aromatic carboxylic acids is 1. The summed E-state index contributed by atoms with van der Waals surface area (Å²) < 4.78 is 15.4. The van der Waals surface area contributed by atoms with Crippen molar-refractivity contribution in [3.63, 3.8) is 0 Å². The number of rotatable bonds is 8. The van der Waals surface area contributed by atoms with Gasteiger partial charge in [-0.15, -0.1) is 0 Å². The second-order valence-electron chi connectivity index (χ2n) is 4.60. The van der Waals surface area contributed by atoms with Crippen LogP contribution in [0.5, 0.6) is 5.75 Å². The number of benzene rings is 1. The van der Waals surface area contributed by atoms with Crippen LogP contribution in [0.3, 0.4) is 0 Å². The summed E-state index contributed by atoms with van der Waals surface area (Å²) >= 11 is 0. The highest BCUT2D eigenvalue weighted by Gasteiger charge is 2.15. The Balaban J connectivity index is 1.96. The quantitative estimate of drug-likeness (QED) is 0.722. The number of nitrogens with one attached hydrogen (secondary N) is 1. The molecule has 1 aromatic heterocycles. The molecule has 2 aromatic rings. The molecule has 0 aliphatic carbocycles. The molecular weight excluding hydrogens is 302 g/mol. The van der Waals surface area contributed by atoms with Gasteiger partial charge in [-0.1, -0.05) is 18.2 Å². The Labute approximate surface area is 132 Å². The number of carbonyl (C=O) groups excluding carboxylic acids is 1. The molecule has 0 spiro atoms. The highest BCUT2D eigenvalue weighted by molar-refractivity contribution is 5.93. The van der Waals surface area contributed by atoms with Crippen LogP contribution < -0.4 is 10.1 Å². The van der Waals surface area contributed by atoms with Crippen molar-refractivity contribution in [3.8, 4) is 5.75 Å². The average molecular weight is 319 g/mol. The van der Waals surface area contributed by atoms with E-state index in [1.54, 1.807) is 13.2 Å². The Morgan fingerprint density at radius 1 is 1.13 bits per heavy atom. The van der Waals surface area contributed by atoms with Gasteiger partial charge < -0.3 is 24.3 Å². The molecule has 0 saturated heterocycles. The molecule has 0 atom stereocenters. The van der Waals surface area contributed by atoms with E-state index in [1.165, 1.54) is 12.1 Å². The molecule has 7 nitrogen and oxygen atoms in total. The molecule has 1 heterocycles. The molecule has 122 valence electrons. The maximum absolute atomic E-state index is 12.0. The van der Waals surface area contributed by atoms with Gasteiger partial charge in [0, 0.05) is 19.2 Å². The van der Waals surface area contributed by atoms with Crippen molar-refractivity contribution >= 4 is 11.9 Å². The first-order chi connectivity index (χ1) is 11.1. The van der Waals surface area contributed by atoms with Crippen LogP contribution in [0.25, 0.3) is 0 Å². The molecule has 7 heteroatoms. The van der Waals surface area contributed by atoms with Crippen molar-refractivity contribution in [2.24, 2.45) is 0 Å². The van der Waals surface area contributed by atoms with E-state index in [9.17, 15) is 9.59 Å². The van der Waals surface area contributed by atoms with Crippen molar-refractivity contribution in [1.29, 1.82) is 0 Å². The van der Waals surface area contributed by atoms with Crippen molar-refractivity contribution in [2.75, 3.05) is 20.3 Å². The Kier molecular flexibility index (Phi) is 5.76. The monoisotopic (exact) mass is 319 g/mol. The molecule has 23 heavy (non-hydrogen) atoms. The minimum atomic E-state index is -1.22. The third kappa shape index (κ3) is 4.58. The van der Waals surface area contributed by atoms with Crippen molar-refractivity contribution in [1.82, 2.24) is 5.32 Å². The van der Waals surface area contributed by atoms with Crippen LogP contribution >= 0.6 is 0 Å². The average Bonchev–Trinajstić information content (AvgIpc) is 3.04. The Hall–Kier alpha value is -2.80. The first kappa shape index (κ1) is 16.6. The molecule has 0 radical (unpaired) electrons. The van der Waals surface area contributed by atoms with Gasteiger partial charge in [-0.25, -0.2) is 4.79 Å². The minimum Gasteiger partial charge on any atom is -0.491 e. The summed E-state index contributed by atoms with van der Waals surface area (Å²) in [6.45, 7) is 1.10. The molecule has 2 N–H and O–H groups in total. The summed E-state index contributed by atoms with van der Waals surface area (Å²) in [6.07, 6.45) is 0. The van der Waals surface area contributed by atoms with Gasteiger partial charge in [0.1, 0.15) is 12.4 Å². The number of amides is 1. The number of furan rings is 1.